The lowest BCUT2D eigenvalue weighted by Gasteiger charge is -2.15. The summed E-state index contributed by atoms with van der Waals surface area (Å²) in [5, 5.41) is 6.72. The summed E-state index contributed by atoms with van der Waals surface area (Å²) in [7, 11) is 0. The predicted molar refractivity (Wildman–Crippen MR) is 123 cm³/mol. The van der Waals surface area contributed by atoms with Crippen molar-refractivity contribution in [2.45, 2.75) is 79.1 Å². The van der Waals surface area contributed by atoms with Crippen LogP contribution in [0.3, 0.4) is 0 Å². The summed E-state index contributed by atoms with van der Waals surface area (Å²) in [6.07, 6.45) is 7.63. The van der Waals surface area contributed by atoms with Gasteiger partial charge in [0.05, 0.1) is 0 Å². The molecule has 0 spiro atoms. The first-order valence-corrected chi connectivity index (χ1v) is 11.4. The van der Waals surface area contributed by atoms with Crippen molar-refractivity contribution >= 4 is 34.5 Å². The molecule has 2 atom stereocenters. The van der Waals surface area contributed by atoms with Crippen LogP contribution in [0.4, 0.5) is 11.6 Å². The standard InChI is InChI=1S/C24H36N4O2/c1-5-9-11-17(7-3)23(29)27-20-15-13-19-14-16-21(26-22(19)25-20)28-24(30)18(8-4)12-10-6-2/h13-18H,5-12H2,1-4H3,(H2,25,26,27,28,29,30). The third-order valence-electron chi connectivity index (χ3n) is 5.59. The van der Waals surface area contributed by atoms with Crippen molar-refractivity contribution in [1.82, 2.24) is 9.97 Å². The van der Waals surface area contributed by atoms with Crippen LogP contribution in [0.5, 0.6) is 0 Å². The maximum absolute atomic E-state index is 12.6. The lowest BCUT2D eigenvalue weighted by molar-refractivity contribution is -0.121. The molecule has 0 aliphatic carbocycles. The molecule has 6 nitrogen and oxygen atoms in total. The second-order valence-corrected chi connectivity index (χ2v) is 7.91. The Morgan fingerprint density at radius 1 is 0.767 bits per heavy atom. The summed E-state index contributed by atoms with van der Waals surface area (Å²) in [6, 6.07) is 7.37. The molecule has 0 aliphatic heterocycles. The Morgan fingerprint density at radius 2 is 1.20 bits per heavy atom. The van der Waals surface area contributed by atoms with Gasteiger partial charge in [-0.2, -0.15) is 0 Å². The fraction of sp³-hybridized carbons (Fsp3) is 0.583. The highest BCUT2D eigenvalue weighted by atomic mass is 16.2. The summed E-state index contributed by atoms with van der Waals surface area (Å²) in [4.78, 5) is 34.1. The molecule has 2 heterocycles. The molecule has 2 rings (SSSR count). The van der Waals surface area contributed by atoms with Crippen molar-refractivity contribution < 1.29 is 9.59 Å². The lowest BCUT2D eigenvalue weighted by atomic mass is 9.98. The number of aromatic nitrogens is 2. The number of anilines is 2. The number of unbranched alkanes of at least 4 members (excludes halogenated alkanes) is 2. The van der Waals surface area contributed by atoms with Crippen LogP contribution in [0.25, 0.3) is 11.0 Å². The van der Waals surface area contributed by atoms with E-state index in [0.29, 0.717) is 17.3 Å². The van der Waals surface area contributed by atoms with E-state index in [-0.39, 0.29) is 23.7 Å². The second-order valence-electron chi connectivity index (χ2n) is 7.91. The van der Waals surface area contributed by atoms with E-state index in [1.807, 2.05) is 26.0 Å². The normalized spacial score (nSPS) is 13.1. The van der Waals surface area contributed by atoms with Crippen LogP contribution in [0.1, 0.15) is 79.1 Å². The third-order valence-corrected chi connectivity index (χ3v) is 5.59. The fourth-order valence-corrected chi connectivity index (χ4v) is 3.54. The highest BCUT2D eigenvalue weighted by Gasteiger charge is 2.18. The van der Waals surface area contributed by atoms with Gasteiger partial charge in [-0.1, -0.05) is 53.4 Å². The molecule has 2 aromatic rings. The average molecular weight is 413 g/mol. The number of rotatable bonds is 12. The second kappa shape index (κ2) is 12.3. The molecule has 0 aromatic carbocycles. The molecule has 2 amide bonds. The Hall–Kier alpha value is -2.50. The highest BCUT2D eigenvalue weighted by molar-refractivity contribution is 5.94. The highest BCUT2D eigenvalue weighted by Crippen LogP contribution is 2.20. The van der Waals surface area contributed by atoms with Crippen LogP contribution in [-0.2, 0) is 9.59 Å². The predicted octanol–water partition coefficient (Wildman–Crippen LogP) is 5.94. The van der Waals surface area contributed by atoms with Crippen LogP contribution >= 0.6 is 0 Å². The summed E-state index contributed by atoms with van der Waals surface area (Å²) in [6.45, 7) is 8.33. The van der Waals surface area contributed by atoms with Gasteiger partial charge in [-0.3, -0.25) is 9.59 Å². The van der Waals surface area contributed by atoms with E-state index in [0.717, 1.165) is 56.8 Å². The topological polar surface area (TPSA) is 84.0 Å². The zero-order valence-electron chi connectivity index (χ0n) is 18.8. The van der Waals surface area contributed by atoms with Gasteiger partial charge in [-0.15, -0.1) is 0 Å². The van der Waals surface area contributed by atoms with Crippen molar-refractivity contribution in [3.05, 3.63) is 24.3 Å². The van der Waals surface area contributed by atoms with Crippen molar-refractivity contribution in [3.8, 4) is 0 Å². The number of hydrogen-bond acceptors (Lipinski definition) is 4. The van der Waals surface area contributed by atoms with Gasteiger partial charge in [0, 0.05) is 17.2 Å². The molecule has 0 radical (unpaired) electrons. The van der Waals surface area contributed by atoms with Crippen LogP contribution in [0.2, 0.25) is 0 Å². The first-order chi connectivity index (χ1) is 14.5. The molecule has 6 heteroatoms. The van der Waals surface area contributed by atoms with Gasteiger partial charge in [0.1, 0.15) is 11.6 Å². The molecular weight excluding hydrogens is 376 g/mol. The first kappa shape index (κ1) is 23.8. The van der Waals surface area contributed by atoms with E-state index < -0.39 is 0 Å². The number of carbonyl (C=O) groups excluding carboxylic acids is 2. The fourth-order valence-electron chi connectivity index (χ4n) is 3.54. The smallest absolute Gasteiger partial charge is 0.228 e. The van der Waals surface area contributed by atoms with Crippen LogP contribution in [0, 0.1) is 11.8 Å². The summed E-state index contributed by atoms with van der Waals surface area (Å²) in [5.74, 6) is 0.985. The lowest BCUT2D eigenvalue weighted by Crippen LogP contribution is -2.23. The van der Waals surface area contributed by atoms with Gasteiger partial charge in [0.25, 0.3) is 0 Å². The van der Waals surface area contributed by atoms with Crippen molar-refractivity contribution in [3.63, 3.8) is 0 Å². The monoisotopic (exact) mass is 412 g/mol. The van der Waals surface area contributed by atoms with E-state index in [1.54, 1.807) is 12.1 Å². The molecular formula is C24H36N4O2. The molecule has 0 bridgehead atoms. The number of carbonyl (C=O) groups is 2. The first-order valence-electron chi connectivity index (χ1n) is 11.4. The maximum Gasteiger partial charge on any atom is 0.228 e. The van der Waals surface area contributed by atoms with Crippen LogP contribution in [0.15, 0.2) is 24.3 Å². The van der Waals surface area contributed by atoms with E-state index in [2.05, 4.69) is 34.4 Å². The Balaban J connectivity index is 2.11. The number of hydrogen-bond donors (Lipinski definition) is 2. The number of fused-ring (bicyclic) bond motifs is 1. The van der Waals surface area contributed by atoms with Gasteiger partial charge < -0.3 is 10.6 Å². The molecule has 2 aromatic heterocycles. The molecule has 164 valence electrons. The molecule has 30 heavy (non-hydrogen) atoms. The zero-order valence-corrected chi connectivity index (χ0v) is 18.8. The summed E-state index contributed by atoms with van der Waals surface area (Å²) in [5.41, 5.74) is 0.508. The minimum atomic E-state index is -0.00451. The Bertz CT molecular complexity index is 772. The van der Waals surface area contributed by atoms with E-state index >= 15 is 0 Å². The van der Waals surface area contributed by atoms with E-state index in [9.17, 15) is 9.59 Å². The van der Waals surface area contributed by atoms with Gasteiger partial charge >= 0.3 is 0 Å². The van der Waals surface area contributed by atoms with Gasteiger partial charge in [-0.25, -0.2) is 9.97 Å². The minimum absolute atomic E-state index is 0.00368. The summed E-state index contributed by atoms with van der Waals surface area (Å²) >= 11 is 0. The van der Waals surface area contributed by atoms with Crippen molar-refractivity contribution in [2.75, 3.05) is 10.6 Å². The van der Waals surface area contributed by atoms with Gasteiger partial charge in [0.2, 0.25) is 11.8 Å². The molecule has 0 saturated carbocycles. The Labute approximate surface area is 180 Å². The quantitative estimate of drug-likeness (QED) is 0.452. The number of nitrogens with zero attached hydrogens (tertiary/aromatic N) is 2. The number of amides is 2. The third kappa shape index (κ3) is 6.78. The maximum atomic E-state index is 12.6. The molecule has 0 saturated heterocycles. The molecule has 2 N–H and O–H groups in total. The molecule has 0 fully saturated rings. The Kier molecular flexibility index (Phi) is 9.71. The zero-order chi connectivity index (χ0) is 21.9. The van der Waals surface area contributed by atoms with E-state index in [1.165, 1.54) is 0 Å². The average Bonchev–Trinajstić information content (AvgIpc) is 2.74. The van der Waals surface area contributed by atoms with Crippen molar-refractivity contribution in [2.24, 2.45) is 11.8 Å². The SMILES string of the molecule is CCCCC(CC)C(=O)Nc1ccc2ccc(NC(=O)C(CC)CCCC)nc2n1. The van der Waals surface area contributed by atoms with Crippen LogP contribution < -0.4 is 10.6 Å². The number of nitrogens with one attached hydrogen (secondary N) is 2. The van der Waals surface area contributed by atoms with Crippen LogP contribution in [-0.4, -0.2) is 21.8 Å². The Morgan fingerprint density at radius 3 is 1.57 bits per heavy atom. The molecule has 0 aliphatic rings. The van der Waals surface area contributed by atoms with Gasteiger partial charge in [0.15, 0.2) is 5.65 Å². The summed E-state index contributed by atoms with van der Waals surface area (Å²) < 4.78 is 0. The minimum Gasteiger partial charge on any atom is -0.310 e. The number of pyridine rings is 2. The van der Waals surface area contributed by atoms with Crippen molar-refractivity contribution in [1.29, 1.82) is 0 Å². The van der Waals surface area contributed by atoms with E-state index in [4.69, 9.17) is 0 Å². The van der Waals surface area contributed by atoms with Gasteiger partial charge in [-0.05, 0) is 49.9 Å². The largest absolute Gasteiger partial charge is 0.310 e. The molecule has 2 unspecified atom stereocenters.